The van der Waals surface area contributed by atoms with Crippen molar-refractivity contribution in [1.29, 1.82) is 0 Å². The van der Waals surface area contributed by atoms with Crippen LogP contribution in [0, 0.1) is 10.8 Å². The van der Waals surface area contributed by atoms with E-state index in [9.17, 15) is 4.79 Å². The molecule has 94 valence electrons. The van der Waals surface area contributed by atoms with Crippen molar-refractivity contribution < 1.29 is 4.79 Å². The second-order valence-corrected chi connectivity index (χ2v) is 5.91. The Morgan fingerprint density at radius 1 is 1.38 bits per heavy atom. The summed E-state index contributed by atoms with van der Waals surface area (Å²) in [6, 6.07) is 0. The molecule has 1 aliphatic carbocycles. The van der Waals surface area contributed by atoms with Gasteiger partial charge in [0.15, 0.2) is 0 Å². The van der Waals surface area contributed by atoms with Gasteiger partial charge in [-0.15, -0.1) is 0 Å². The predicted molar refractivity (Wildman–Crippen MR) is 67.3 cm³/mol. The summed E-state index contributed by atoms with van der Waals surface area (Å²) in [5, 5.41) is 6.23. The third-order valence-electron chi connectivity index (χ3n) is 3.50. The Kier molecular flexibility index (Phi) is 4.36. The number of rotatable bonds is 7. The average Bonchev–Trinajstić information content (AvgIpc) is 2.96. The van der Waals surface area contributed by atoms with Crippen LogP contribution in [-0.2, 0) is 4.79 Å². The van der Waals surface area contributed by atoms with Crippen LogP contribution in [0.5, 0.6) is 0 Å². The van der Waals surface area contributed by atoms with Gasteiger partial charge in [-0.1, -0.05) is 27.2 Å². The minimum absolute atomic E-state index is 0.0863. The summed E-state index contributed by atoms with van der Waals surface area (Å²) in [6.07, 6.45) is 4.40. The third-order valence-corrected chi connectivity index (χ3v) is 3.50. The SMILES string of the molecule is CCCC(C)(C)CNC(=O)C1(CNC)CC1. The fourth-order valence-electron chi connectivity index (χ4n) is 2.25. The summed E-state index contributed by atoms with van der Waals surface area (Å²) in [6.45, 7) is 8.23. The van der Waals surface area contributed by atoms with Gasteiger partial charge in [-0.25, -0.2) is 0 Å². The quantitative estimate of drug-likeness (QED) is 0.696. The van der Waals surface area contributed by atoms with E-state index in [1.54, 1.807) is 0 Å². The Morgan fingerprint density at radius 3 is 2.44 bits per heavy atom. The van der Waals surface area contributed by atoms with Crippen molar-refractivity contribution in [2.75, 3.05) is 20.1 Å². The van der Waals surface area contributed by atoms with E-state index < -0.39 is 0 Å². The van der Waals surface area contributed by atoms with Crippen molar-refractivity contribution >= 4 is 5.91 Å². The fourth-order valence-corrected chi connectivity index (χ4v) is 2.25. The Hall–Kier alpha value is -0.570. The molecule has 1 fully saturated rings. The summed E-state index contributed by atoms with van der Waals surface area (Å²) in [7, 11) is 1.91. The fraction of sp³-hybridized carbons (Fsp3) is 0.923. The van der Waals surface area contributed by atoms with Gasteiger partial charge >= 0.3 is 0 Å². The molecule has 0 spiro atoms. The molecule has 0 unspecified atom stereocenters. The van der Waals surface area contributed by atoms with Crippen LogP contribution in [0.1, 0.15) is 46.5 Å². The maximum Gasteiger partial charge on any atom is 0.227 e. The molecule has 1 rings (SSSR count). The summed E-state index contributed by atoms with van der Waals surface area (Å²) >= 11 is 0. The monoisotopic (exact) mass is 226 g/mol. The van der Waals surface area contributed by atoms with E-state index in [1.165, 1.54) is 6.42 Å². The zero-order valence-electron chi connectivity index (χ0n) is 11.2. The zero-order chi connectivity index (χ0) is 12.2. The van der Waals surface area contributed by atoms with E-state index in [0.717, 1.165) is 32.4 Å². The Bertz CT molecular complexity index is 244. The molecule has 0 bridgehead atoms. The summed E-state index contributed by atoms with van der Waals surface area (Å²) < 4.78 is 0. The van der Waals surface area contributed by atoms with E-state index in [-0.39, 0.29) is 16.7 Å². The van der Waals surface area contributed by atoms with Gasteiger partial charge in [0, 0.05) is 13.1 Å². The second kappa shape index (κ2) is 5.17. The number of carbonyl (C=O) groups excluding carboxylic acids is 1. The molecule has 0 saturated heterocycles. The van der Waals surface area contributed by atoms with Gasteiger partial charge in [-0.2, -0.15) is 0 Å². The van der Waals surface area contributed by atoms with Crippen LogP contribution in [0.15, 0.2) is 0 Å². The van der Waals surface area contributed by atoms with Crippen molar-refractivity contribution in [2.24, 2.45) is 10.8 Å². The largest absolute Gasteiger partial charge is 0.355 e. The Morgan fingerprint density at radius 2 is 2.00 bits per heavy atom. The second-order valence-electron chi connectivity index (χ2n) is 5.91. The molecule has 2 N–H and O–H groups in total. The molecule has 1 aliphatic rings. The van der Waals surface area contributed by atoms with E-state index >= 15 is 0 Å². The molecule has 1 amide bonds. The van der Waals surface area contributed by atoms with Gasteiger partial charge in [0.2, 0.25) is 5.91 Å². The lowest BCUT2D eigenvalue weighted by Gasteiger charge is -2.25. The third kappa shape index (κ3) is 3.48. The highest BCUT2D eigenvalue weighted by atomic mass is 16.2. The van der Waals surface area contributed by atoms with E-state index in [4.69, 9.17) is 0 Å². The molecule has 0 radical (unpaired) electrons. The van der Waals surface area contributed by atoms with Crippen LogP contribution >= 0.6 is 0 Å². The highest BCUT2D eigenvalue weighted by molar-refractivity contribution is 5.85. The molecule has 3 nitrogen and oxygen atoms in total. The minimum atomic E-state index is -0.0863. The maximum absolute atomic E-state index is 12.0. The van der Waals surface area contributed by atoms with Crippen molar-refractivity contribution in [2.45, 2.75) is 46.5 Å². The lowest BCUT2D eigenvalue weighted by Crippen LogP contribution is -2.41. The number of hydrogen-bond donors (Lipinski definition) is 2. The molecule has 0 aromatic rings. The highest BCUT2D eigenvalue weighted by Gasteiger charge is 2.49. The molecule has 16 heavy (non-hydrogen) atoms. The van der Waals surface area contributed by atoms with E-state index in [1.807, 2.05) is 7.05 Å². The molecule has 0 atom stereocenters. The Labute approximate surface area is 99.4 Å². The molecular weight excluding hydrogens is 200 g/mol. The van der Waals surface area contributed by atoms with Crippen molar-refractivity contribution in [3.63, 3.8) is 0 Å². The number of nitrogens with one attached hydrogen (secondary N) is 2. The van der Waals surface area contributed by atoms with Gasteiger partial charge < -0.3 is 10.6 Å². The molecule has 0 heterocycles. The molecular formula is C13H26N2O. The van der Waals surface area contributed by atoms with E-state index in [0.29, 0.717) is 0 Å². The van der Waals surface area contributed by atoms with Crippen LogP contribution in [0.2, 0.25) is 0 Å². The van der Waals surface area contributed by atoms with E-state index in [2.05, 4.69) is 31.4 Å². The first-order valence-electron chi connectivity index (χ1n) is 6.39. The van der Waals surface area contributed by atoms with Crippen LogP contribution < -0.4 is 10.6 Å². The Balaban J connectivity index is 2.35. The standard InChI is InChI=1S/C13H26N2O/c1-5-6-12(2,3)9-15-11(16)13(7-8-13)10-14-4/h14H,5-10H2,1-4H3,(H,15,16). The summed E-state index contributed by atoms with van der Waals surface area (Å²) in [4.78, 5) is 12.0. The first-order valence-corrected chi connectivity index (χ1v) is 6.39. The van der Waals surface area contributed by atoms with Gasteiger partial charge in [-0.3, -0.25) is 4.79 Å². The lowest BCUT2D eigenvalue weighted by atomic mass is 9.88. The van der Waals surface area contributed by atoms with Gasteiger partial charge in [0.25, 0.3) is 0 Å². The van der Waals surface area contributed by atoms with Crippen molar-refractivity contribution in [3.05, 3.63) is 0 Å². The number of amides is 1. The molecule has 0 aliphatic heterocycles. The maximum atomic E-state index is 12.0. The summed E-state index contributed by atoms with van der Waals surface area (Å²) in [5.74, 6) is 0.242. The topological polar surface area (TPSA) is 41.1 Å². The minimum Gasteiger partial charge on any atom is -0.355 e. The number of carbonyl (C=O) groups is 1. The molecule has 3 heteroatoms. The lowest BCUT2D eigenvalue weighted by molar-refractivity contribution is -0.126. The highest BCUT2D eigenvalue weighted by Crippen LogP contribution is 2.45. The zero-order valence-corrected chi connectivity index (χ0v) is 11.2. The van der Waals surface area contributed by atoms with Gasteiger partial charge in [-0.05, 0) is 31.7 Å². The smallest absolute Gasteiger partial charge is 0.227 e. The predicted octanol–water partition coefficient (Wildman–Crippen LogP) is 1.93. The first-order chi connectivity index (χ1) is 7.46. The van der Waals surface area contributed by atoms with Crippen LogP contribution in [0.3, 0.4) is 0 Å². The first kappa shape index (κ1) is 13.5. The van der Waals surface area contributed by atoms with Crippen LogP contribution in [-0.4, -0.2) is 26.0 Å². The normalized spacial score (nSPS) is 18.2. The molecule has 0 aromatic heterocycles. The van der Waals surface area contributed by atoms with Crippen molar-refractivity contribution in [3.8, 4) is 0 Å². The van der Waals surface area contributed by atoms with Gasteiger partial charge in [0.1, 0.15) is 0 Å². The molecule has 1 saturated carbocycles. The average molecular weight is 226 g/mol. The van der Waals surface area contributed by atoms with Gasteiger partial charge in [0.05, 0.1) is 5.41 Å². The van der Waals surface area contributed by atoms with Crippen LogP contribution in [0.4, 0.5) is 0 Å². The van der Waals surface area contributed by atoms with Crippen LogP contribution in [0.25, 0.3) is 0 Å². The summed E-state index contributed by atoms with van der Waals surface area (Å²) in [5.41, 5.74) is 0.136. The van der Waals surface area contributed by atoms with Crippen molar-refractivity contribution in [1.82, 2.24) is 10.6 Å². The number of hydrogen-bond acceptors (Lipinski definition) is 2. The molecule has 0 aromatic carbocycles.